The number of carbonyl (C=O) groups is 4. The van der Waals surface area contributed by atoms with E-state index in [0.717, 1.165) is 24.3 Å². The number of hydrogen-bond acceptors (Lipinski definition) is 6. The molecule has 1 aromatic carbocycles. The van der Waals surface area contributed by atoms with E-state index in [2.05, 4.69) is 0 Å². The molecule has 0 spiro atoms. The summed E-state index contributed by atoms with van der Waals surface area (Å²) in [5.74, 6) is -4.58. The van der Waals surface area contributed by atoms with Gasteiger partial charge in [0.05, 0.1) is 4.92 Å². The third-order valence-electron chi connectivity index (χ3n) is 2.62. The second-order valence-electron chi connectivity index (χ2n) is 3.91. The first-order valence-electron chi connectivity index (χ1n) is 5.34. The van der Waals surface area contributed by atoms with Gasteiger partial charge >= 0.3 is 6.03 Å². The maximum absolute atomic E-state index is 12.0. The average molecular weight is 277 g/mol. The molecule has 1 saturated heterocycles. The van der Waals surface area contributed by atoms with Crippen LogP contribution in [0.4, 0.5) is 10.5 Å². The van der Waals surface area contributed by atoms with E-state index in [-0.39, 0.29) is 11.3 Å². The highest BCUT2D eigenvalue weighted by Gasteiger charge is 2.40. The number of nitrogens with zero attached hydrogens (tertiary/aromatic N) is 1. The Balaban J connectivity index is 2.26. The van der Waals surface area contributed by atoms with Crippen LogP contribution in [0, 0.1) is 16.0 Å². The average Bonchev–Trinajstić information content (AvgIpc) is 2.37. The van der Waals surface area contributed by atoms with Crippen molar-refractivity contribution in [3.05, 3.63) is 39.9 Å². The van der Waals surface area contributed by atoms with Crippen molar-refractivity contribution in [2.24, 2.45) is 5.92 Å². The molecule has 0 saturated carbocycles. The van der Waals surface area contributed by atoms with Gasteiger partial charge in [-0.25, -0.2) is 4.79 Å². The Kier molecular flexibility index (Phi) is 3.25. The van der Waals surface area contributed by atoms with Crippen molar-refractivity contribution in [2.75, 3.05) is 0 Å². The smallest absolute Gasteiger partial charge is 0.293 e. The lowest BCUT2D eigenvalue weighted by Crippen LogP contribution is -2.57. The van der Waals surface area contributed by atoms with E-state index in [0.29, 0.717) is 0 Å². The number of barbiturate groups is 1. The number of benzene rings is 1. The summed E-state index contributed by atoms with van der Waals surface area (Å²) in [6, 6.07) is 3.44. The molecule has 2 rings (SSSR count). The number of rotatable bonds is 3. The lowest BCUT2D eigenvalue weighted by molar-refractivity contribution is -0.384. The summed E-state index contributed by atoms with van der Waals surface area (Å²) in [7, 11) is 0. The molecule has 0 aliphatic carbocycles. The van der Waals surface area contributed by atoms with E-state index < -0.39 is 34.5 Å². The van der Waals surface area contributed by atoms with Crippen LogP contribution in [0.25, 0.3) is 0 Å². The summed E-state index contributed by atoms with van der Waals surface area (Å²) < 4.78 is 0. The molecule has 20 heavy (non-hydrogen) atoms. The van der Waals surface area contributed by atoms with Gasteiger partial charge in [-0.3, -0.25) is 35.1 Å². The van der Waals surface area contributed by atoms with Gasteiger partial charge in [0.15, 0.2) is 11.7 Å². The maximum atomic E-state index is 12.0. The van der Waals surface area contributed by atoms with Crippen molar-refractivity contribution in [3.63, 3.8) is 0 Å². The first kappa shape index (κ1) is 13.3. The van der Waals surface area contributed by atoms with Gasteiger partial charge < -0.3 is 0 Å². The molecule has 1 fully saturated rings. The van der Waals surface area contributed by atoms with Crippen LogP contribution in [0.5, 0.6) is 0 Å². The maximum Gasteiger partial charge on any atom is 0.328 e. The minimum absolute atomic E-state index is 0.0414. The van der Waals surface area contributed by atoms with Crippen molar-refractivity contribution < 1.29 is 24.1 Å². The monoisotopic (exact) mass is 277 g/mol. The Morgan fingerprint density at radius 2 is 1.55 bits per heavy atom. The van der Waals surface area contributed by atoms with Gasteiger partial charge in [-0.1, -0.05) is 0 Å². The van der Waals surface area contributed by atoms with Gasteiger partial charge in [0.2, 0.25) is 11.8 Å². The van der Waals surface area contributed by atoms with Crippen LogP contribution in [-0.4, -0.2) is 28.6 Å². The number of urea groups is 1. The van der Waals surface area contributed by atoms with Gasteiger partial charge in [-0.15, -0.1) is 0 Å². The van der Waals surface area contributed by atoms with Crippen LogP contribution in [0.2, 0.25) is 0 Å². The molecule has 1 aromatic rings. The van der Waals surface area contributed by atoms with Crippen LogP contribution in [0.15, 0.2) is 24.3 Å². The zero-order chi connectivity index (χ0) is 14.9. The Hall–Kier alpha value is -3.10. The van der Waals surface area contributed by atoms with E-state index in [1.165, 1.54) is 0 Å². The number of nitro benzene ring substituents is 1. The minimum atomic E-state index is -1.69. The molecule has 0 bridgehead atoms. The number of hydrogen-bond donors (Lipinski definition) is 2. The molecule has 1 aliphatic rings. The second-order valence-corrected chi connectivity index (χ2v) is 3.91. The van der Waals surface area contributed by atoms with Gasteiger partial charge in [0, 0.05) is 17.7 Å². The molecule has 9 heteroatoms. The topological polar surface area (TPSA) is 135 Å². The highest BCUT2D eigenvalue weighted by atomic mass is 16.6. The Morgan fingerprint density at radius 1 is 1.05 bits per heavy atom. The van der Waals surface area contributed by atoms with E-state index in [4.69, 9.17) is 0 Å². The molecule has 4 amide bonds. The van der Waals surface area contributed by atoms with Gasteiger partial charge in [0.1, 0.15) is 0 Å². The van der Waals surface area contributed by atoms with Crippen molar-refractivity contribution in [2.45, 2.75) is 0 Å². The van der Waals surface area contributed by atoms with Gasteiger partial charge in [0.25, 0.3) is 5.69 Å². The molecule has 2 N–H and O–H groups in total. The Bertz CT molecular complexity index is 616. The van der Waals surface area contributed by atoms with Crippen molar-refractivity contribution in [3.8, 4) is 0 Å². The van der Waals surface area contributed by atoms with Crippen molar-refractivity contribution in [1.82, 2.24) is 10.6 Å². The normalized spacial score (nSPS) is 15.5. The van der Waals surface area contributed by atoms with E-state index >= 15 is 0 Å². The summed E-state index contributed by atoms with van der Waals surface area (Å²) in [5, 5.41) is 14.1. The fourth-order valence-electron chi connectivity index (χ4n) is 1.67. The standard InChI is InChI=1S/C11H7N3O6/c15-8(5-1-3-6(4-2-5)14(19)20)7-9(16)12-11(18)13-10(7)17/h1-4,7H,(H2,12,13,16,17,18). The van der Waals surface area contributed by atoms with E-state index in [1.54, 1.807) is 10.6 Å². The SMILES string of the molecule is O=C1NC(=O)C(C(=O)c2ccc([N+](=O)[O-])cc2)C(=O)N1. The highest BCUT2D eigenvalue weighted by molar-refractivity contribution is 6.29. The zero-order valence-electron chi connectivity index (χ0n) is 9.78. The summed E-state index contributed by atoms with van der Waals surface area (Å²) in [4.78, 5) is 55.7. The molecule has 1 heterocycles. The number of Topliss-reactive ketones (excluding diaryl/α,β-unsaturated/α-hetero) is 1. The first-order chi connectivity index (χ1) is 9.40. The van der Waals surface area contributed by atoms with Crippen molar-refractivity contribution in [1.29, 1.82) is 0 Å². The Morgan fingerprint density at radius 3 is 2.00 bits per heavy atom. The molecule has 0 atom stereocenters. The molecule has 0 aromatic heterocycles. The van der Waals surface area contributed by atoms with Gasteiger partial charge in [-0.2, -0.15) is 0 Å². The lowest BCUT2D eigenvalue weighted by atomic mass is 9.95. The molecule has 1 aliphatic heterocycles. The second kappa shape index (κ2) is 4.88. The summed E-state index contributed by atoms with van der Waals surface area (Å²) >= 11 is 0. The minimum Gasteiger partial charge on any atom is -0.293 e. The van der Waals surface area contributed by atoms with E-state index in [9.17, 15) is 29.3 Å². The largest absolute Gasteiger partial charge is 0.328 e. The molecule has 0 unspecified atom stereocenters. The highest BCUT2D eigenvalue weighted by Crippen LogP contribution is 2.16. The van der Waals surface area contributed by atoms with Crippen LogP contribution in [0.1, 0.15) is 10.4 Å². The van der Waals surface area contributed by atoms with E-state index in [1.807, 2.05) is 0 Å². The summed E-state index contributed by atoms with van der Waals surface area (Å²) in [6.45, 7) is 0. The Labute approximate surface area is 111 Å². The number of nitrogens with one attached hydrogen (secondary N) is 2. The fourth-order valence-corrected chi connectivity index (χ4v) is 1.67. The third kappa shape index (κ3) is 2.36. The number of imide groups is 2. The van der Waals surface area contributed by atoms with Crippen molar-refractivity contribution >= 4 is 29.3 Å². The quantitative estimate of drug-likeness (QED) is 0.338. The predicted molar refractivity (Wildman–Crippen MR) is 62.6 cm³/mol. The number of ketones is 1. The molecular formula is C11H7N3O6. The van der Waals surface area contributed by atoms with Crippen LogP contribution >= 0.6 is 0 Å². The molecule has 9 nitrogen and oxygen atoms in total. The van der Waals surface area contributed by atoms with Crippen LogP contribution in [0.3, 0.4) is 0 Å². The van der Waals surface area contributed by atoms with Crippen LogP contribution < -0.4 is 10.6 Å². The van der Waals surface area contributed by atoms with Gasteiger partial charge in [-0.05, 0) is 12.1 Å². The predicted octanol–water partition coefficient (Wildman–Crippen LogP) is -0.240. The van der Waals surface area contributed by atoms with Crippen LogP contribution in [-0.2, 0) is 9.59 Å². The number of carbonyl (C=O) groups excluding carboxylic acids is 4. The number of nitro groups is 1. The summed E-state index contributed by atoms with van der Waals surface area (Å²) in [6.07, 6.45) is 0. The lowest BCUT2D eigenvalue weighted by Gasteiger charge is -2.19. The molecular weight excluding hydrogens is 270 g/mol. The first-order valence-corrected chi connectivity index (χ1v) is 5.34. The molecule has 0 radical (unpaired) electrons. The zero-order valence-corrected chi connectivity index (χ0v) is 9.78. The number of non-ortho nitro benzene ring substituents is 1. The summed E-state index contributed by atoms with van der Waals surface area (Å²) in [5.41, 5.74) is -0.269. The number of amides is 4. The fraction of sp³-hybridized carbons (Fsp3) is 0.0909. The molecule has 102 valence electrons. The third-order valence-corrected chi connectivity index (χ3v) is 2.62.